The number of rotatable bonds is 2. The van der Waals surface area contributed by atoms with Gasteiger partial charge in [-0.25, -0.2) is 0 Å². The van der Waals surface area contributed by atoms with Gasteiger partial charge in [-0.3, -0.25) is 14.4 Å². The molecule has 3 N–H and O–H groups in total. The second-order valence-electron chi connectivity index (χ2n) is 9.19. The number of methoxy groups -OCH3 is 1. The molecule has 1 aromatic heterocycles. The third-order valence-electron chi connectivity index (χ3n) is 6.64. The number of aromatic nitrogens is 1. The van der Waals surface area contributed by atoms with Gasteiger partial charge in [-0.1, -0.05) is 12.1 Å². The molecule has 2 aromatic carbocycles. The Labute approximate surface area is 220 Å². The molecule has 38 heavy (non-hydrogen) atoms. The largest absolute Gasteiger partial charge is 0.493 e. The fourth-order valence-electron chi connectivity index (χ4n) is 4.77. The molecule has 6 rings (SSSR count). The van der Waals surface area contributed by atoms with Crippen LogP contribution in [0.1, 0.15) is 40.2 Å². The molecule has 3 amide bonds. The smallest absolute Gasteiger partial charge is 0.255 e. The molecule has 198 valence electrons. The van der Waals surface area contributed by atoms with Gasteiger partial charge in [0.1, 0.15) is 12.4 Å². The zero-order chi connectivity index (χ0) is 26.5. The average molecular weight is 519 g/mol. The van der Waals surface area contributed by atoms with Crippen molar-refractivity contribution in [2.24, 2.45) is 0 Å². The maximum Gasteiger partial charge on any atom is 0.255 e. The highest BCUT2D eigenvalue weighted by Gasteiger charge is 2.28. The zero-order valence-electron chi connectivity index (χ0n) is 21.1. The number of hydrogen-bond acceptors (Lipinski definition) is 6. The lowest BCUT2D eigenvalue weighted by molar-refractivity contribution is -0.122. The molecule has 1 unspecified atom stereocenters. The Bertz CT molecular complexity index is 1320. The van der Waals surface area contributed by atoms with Crippen LogP contribution < -0.4 is 24.8 Å². The molecule has 1 atom stereocenters. The number of benzene rings is 2. The molecule has 0 saturated carbocycles. The molecule has 10 heteroatoms. The summed E-state index contributed by atoms with van der Waals surface area (Å²) in [6.07, 6.45) is 4.08. The first-order valence-corrected chi connectivity index (χ1v) is 12.6. The lowest BCUT2D eigenvalue weighted by atomic mass is 9.84. The molecule has 0 radical (unpaired) electrons. The van der Waals surface area contributed by atoms with Crippen LogP contribution in [-0.4, -0.2) is 67.6 Å². The molecular weight excluding hydrogens is 488 g/mol. The van der Waals surface area contributed by atoms with Crippen molar-refractivity contribution in [3.05, 3.63) is 71.5 Å². The van der Waals surface area contributed by atoms with Crippen LogP contribution in [-0.2, 0) is 9.59 Å². The highest BCUT2D eigenvalue weighted by Crippen LogP contribution is 2.41. The summed E-state index contributed by atoms with van der Waals surface area (Å²) in [4.78, 5) is 42.6. The van der Waals surface area contributed by atoms with Gasteiger partial charge >= 0.3 is 0 Å². The van der Waals surface area contributed by atoms with E-state index in [1.807, 2.05) is 30.3 Å². The van der Waals surface area contributed by atoms with Crippen molar-refractivity contribution >= 4 is 23.4 Å². The van der Waals surface area contributed by atoms with E-state index < -0.39 is 0 Å². The fraction of sp³-hybridized carbons (Fsp3) is 0.321. The summed E-state index contributed by atoms with van der Waals surface area (Å²) in [6.45, 7) is 1.05. The second kappa shape index (κ2) is 11.3. The zero-order valence-corrected chi connectivity index (χ0v) is 21.1. The quantitative estimate of drug-likeness (QED) is 0.449. The monoisotopic (exact) mass is 518 g/mol. The Morgan fingerprint density at radius 1 is 1.05 bits per heavy atom. The van der Waals surface area contributed by atoms with Gasteiger partial charge in [-0.2, -0.15) is 0 Å². The van der Waals surface area contributed by atoms with Crippen LogP contribution in [0.3, 0.4) is 0 Å². The summed E-state index contributed by atoms with van der Waals surface area (Å²) in [5, 5.41) is 5.75. The van der Waals surface area contributed by atoms with E-state index in [4.69, 9.17) is 14.2 Å². The van der Waals surface area contributed by atoms with E-state index in [-0.39, 0.29) is 43.3 Å². The lowest BCUT2D eigenvalue weighted by Gasteiger charge is -2.27. The van der Waals surface area contributed by atoms with Crippen LogP contribution in [0.15, 0.2) is 54.9 Å². The van der Waals surface area contributed by atoms with Gasteiger partial charge in [0.2, 0.25) is 11.8 Å². The molecule has 0 saturated heterocycles. The Morgan fingerprint density at radius 2 is 1.95 bits per heavy atom. The molecule has 0 fully saturated rings. The summed E-state index contributed by atoms with van der Waals surface area (Å²) >= 11 is 0. The predicted octanol–water partition coefficient (Wildman–Crippen LogP) is 2.92. The number of nitrogens with one attached hydrogen (secondary N) is 3. The van der Waals surface area contributed by atoms with Gasteiger partial charge in [0.25, 0.3) is 5.91 Å². The highest BCUT2D eigenvalue weighted by atomic mass is 16.5. The van der Waals surface area contributed by atoms with Gasteiger partial charge < -0.3 is 34.7 Å². The van der Waals surface area contributed by atoms with E-state index in [9.17, 15) is 14.4 Å². The number of nitrogens with zero attached hydrogens (tertiary/aromatic N) is 1. The van der Waals surface area contributed by atoms with E-state index in [1.165, 1.54) is 4.90 Å². The Kier molecular flexibility index (Phi) is 7.48. The van der Waals surface area contributed by atoms with Crippen molar-refractivity contribution in [2.75, 3.05) is 45.3 Å². The maximum absolute atomic E-state index is 13.0. The minimum Gasteiger partial charge on any atom is -0.493 e. The summed E-state index contributed by atoms with van der Waals surface area (Å²) in [7, 11) is 1.57. The summed E-state index contributed by atoms with van der Waals surface area (Å²) in [6, 6.07) is 13.0. The van der Waals surface area contributed by atoms with Crippen LogP contribution in [0.2, 0.25) is 0 Å². The molecule has 0 spiro atoms. The minimum absolute atomic E-state index is 0.0803. The van der Waals surface area contributed by atoms with Crippen molar-refractivity contribution in [1.29, 1.82) is 0 Å². The molecule has 10 nitrogen and oxygen atoms in total. The van der Waals surface area contributed by atoms with Crippen molar-refractivity contribution < 1.29 is 28.6 Å². The van der Waals surface area contributed by atoms with Crippen molar-refractivity contribution in [2.45, 2.75) is 18.8 Å². The first-order valence-electron chi connectivity index (χ1n) is 12.6. The second-order valence-corrected chi connectivity index (χ2v) is 9.19. The fourth-order valence-corrected chi connectivity index (χ4v) is 4.77. The molecule has 3 aliphatic rings. The van der Waals surface area contributed by atoms with Crippen LogP contribution in [0, 0.1) is 0 Å². The molecule has 3 aromatic rings. The topological polar surface area (TPSA) is 122 Å². The van der Waals surface area contributed by atoms with Crippen LogP contribution in [0.25, 0.3) is 0 Å². The molecule has 3 aliphatic heterocycles. The predicted molar refractivity (Wildman–Crippen MR) is 140 cm³/mol. The number of carbonyl (C=O) groups is 3. The number of H-pyrrole nitrogens is 1. The standard InChI is InChI=1S/C28H30N4O6/c1-36-24-6-3-18-13-25(24)38-11-2-10-32(28(35)19-7-8-29-16-19)17-27(34)30-9-12-37-20-4-5-21-22(18)15-26(33)31-23(21)14-20/h3-8,13-14,16,22,29H,2,9-12,15,17H2,1H3,(H,30,34)(H,31,33). The maximum atomic E-state index is 13.0. The van der Waals surface area contributed by atoms with Crippen molar-refractivity contribution in [3.8, 4) is 17.2 Å². The molecule has 0 aliphatic carbocycles. The van der Waals surface area contributed by atoms with Crippen molar-refractivity contribution in [3.63, 3.8) is 0 Å². The molecular formula is C28H30N4O6. The Morgan fingerprint density at radius 3 is 2.76 bits per heavy atom. The van der Waals surface area contributed by atoms with Crippen LogP contribution in [0.5, 0.6) is 17.2 Å². The van der Waals surface area contributed by atoms with Crippen LogP contribution in [0.4, 0.5) is 5.69 Å². The van der Waals surface area contributed by atoms with Gasteiger partial charge in [0.15, 0.2) is 11.5 Å². The summed E-state index contributed by atoms with van der Waals surface area (Å²) < 4.78 is 17.4. The summed E-state index contributed by atoms with van der Waals surface area (Å²) in [5.41, 5.74) is 3.09. The van der Waals surface area contributed by atoms with E-state index in [2.05, 4.69) is 15.6 Å². The molecule has 4 heterocycles. The van der Waals surface area contributed by atoms with Gasteiger partial charge in [-0.05, 0) is 41.8 Å². The lowest BCUT2D eigenvalue weighted by Crippen LogP contribution is -2.42. The van der Waals surface area contributed by atoms with Crippen LogP contribution >= 0.6 is 0 Å². The van der Waals surface area contributed by atoms with Gasteiger partial charge in [0, 0.05) is 43.0 Å². The third kappa shape index (κ3) is 5.59. The summed E-state index contributed by atoms with van der Waals surface area (Å²) in [5.74, 6) is 0.945. The van der Waals surface area contributed by atoms with Gasteiger partial charge in [0.05, 0.1) is 32.4 Å². The third-order valence-corrected chi connectivity index (χ3v) is 6.64. The van der Waals surface area contributed by atoms with Gasteiger partial charge in [-0.15, -0.1) is 0 Å². The molecule has 6 bridgehead atoms. The Hall–Kier alpha value is -4.47. The number of anilines is 1. The number of aromatic amines is 1. The first-order chi connectivity index (χ1) is 18.5. The van der Waals surface area contributed by atoms with E-state index >= 15 is 0 Å². The van der Waals surface area contributed by atoms with Crippen molar-refractivity contribution in [1.82, 2.24) is 15.2 Å². The van der Waals surface area contributed by atoms with E-state index in [0.717, 1.165) is 11.1 Å². The number of carbonyl (C=O) groups excluding carboxylic acids is 3. The highest BCUT2D eigenvalue weighted by molar-refractivity contribution is 5.96. The average Bonchev–Trinajstić information content (AvgIpc) is 3.46. The number of ether oxygens (including phenoxy) is 3. The Balaban J connectivity index is 1.43. The first kappa shape index (κ1) is 25.2. The SMILES string of the molecule is COc1ccc2cc1OCCCN(C(=O)c1cc[nH]c1)CC(=O)NCCOc1ccc3c(c1)NC(=O)CC23. The number of fused-ring (bicyclic) bond motifs is 11. The number of amides is 3. The van der Waals surface area contributed by atoms with E-state index in [1.54, 1.807) is 31.6 Å². The minimum atomic E-state index is -0.286. The normalized spacial score (nSPS) is 18.1. The van der Waals surface area contributed by atoms with E-state index in [0.29, 0.717) is 54.5 Å². The number of hydrogen-bond donors (Lipinski definition) is 3.